The molecule has 0 aliphatic rings. The smallest absolute Gasteiger partial charge is 0.355 e. The Kier molecular flexibility index (Phi) is 4.77. The van der Waals surface area contributed by atoms with Crippen molar-refractivity contribution >= 4 is 17.6 Å². The van der Waals surface area contributed by atoms with Gasteiger partial charge in [0.15, 0.2) is 6.10 Å². The molecule has 1 atom stereocenters. The molecule has 1 amide bonds. The first-order valence-corrected chi connectivity index (χ1v) is 6.84. The Hall–Kier alpha value is -2.56. The van der Waals surface area contributed by atoms with Crippen LogP contribution in [0.5, 0.6) is 0 Å². The van der Waals surface area contributed by atoms with E-state index < -0.39 is 12.1 Å². The monoisotopic (exact) mass is 286 g/mol. The van der Waals surface area contributed by atoms with Gasteiger partial charge in [-0.2, -0.15) is 0 Å². The van der Waals surface area contributed by atoms with E-state index in [1.165, 1.54) is 12.5 Å². The van der Waals surface area contributed by atoms with E-state index in [1.807, 2.05) is 24.3 Å². The number of benzene rings is 1. The summed E-state index contributed by atoms with van der Waals surface area (Å²) >= 11 is 0. The molecule has 0 aliphatic heterocycles. The van der Waals surface area contributed by atoms with Crippen molar-refractivity contribution in [2.75, 3.05) is 5.32 Å². The average Bonchev–Trinajstić information content (AvgIpc) is 3.02. The third kappa shape index (κ3) is 3.95. The predicted molar refractivity (Wildman–Crippen MR) is 80.1 cm³/mol. The van der Waals surface area contributed by atoms with Crippen molar-refractivity contribution in [2.24, 2.45) is 0 Å². The van der Waals surface area contributed by atoms with E-state index in [0.717, 1.165) is 6.42 Å². The Labute approximate surface area is 123 Å². The Morgan fingerprint density at radius 3 is 2.52 bits per heavy atom. The molecule has 1 heterocycles. The minimum atomic E-state index is -0.869. The first-order chi connectivity index (χ1) is 10.1. The number of aromatic amines is 1. The van der Waals surface area contributed by atoms with Gasteiger partial charge in [-0.25, -0.2) is 4.79 Å². The van der Waals surface area contributed by atoms with Crippen molar-refractivity contribution in [3.05, 3.63) is 53.9 Å². The van der Waals surface area contributed by atoms with Crippen LogP contribution in [0.2, 0.25) is 0 Å². The lowest BCUT2D eigenvalue weighted by Crippen LogP contribution is -2.30. The van der Waals surface area contributed by atoms with Gasteiger partial charge in [0.2, 0.25) is 0 Å². The van der Waals surface area contributed by atoms with Gasteiger partial charge in [-0.15, -0.1) is 0 Å². The average molecular weight is 286 g/mol. The number of aryl methyl sites for hydroxylation is 1. The number of nitrogens with one attached hydrogen (secondary N) is 2. The molecule has 0 saturated carbocycles. The number of amides is 1. The fraction of sp³-hybridized carbons (Fsp3) is 0.250. The number of ether oxygens (including phenoxy) is 1. The topological polar surface area (TPSA) is 71.2 Å². The summed E-state index contributed by atoms with van der Waals surface area (Å²) in [5.74, 6) is -0.914. The second kappa shape index (κ2) is 6.74. The summed E-state index contributed by atoms with van der Waals surface area (Å²) in [7, 11) is 0. The van der Waals surface area contributed by atoms with E-state index in [4.69, 9.17) is 4.74 Å². The molecular weight excluding hydrogens is 268 g/mol. The molecule has 0 unspecified atom stereocenters. The fourth-order valence-electron chi connectivity index (χ4n) is 1.80. The van der Waals surface area contributed by atoms with Gasteiger partial charge in [0.25, 0.3) is 5.91 Å². The van der Waals surface area contributed by atoms with Crippen LogP contribution < -0.4 is 5.32 Å². The van der Waals surface area contributed by atoms with E-state index in [9.17, 15) is 9.59 Å². The van der Waals surface area contributed by atoms with Gasteiger partial charge in [-0.05, 0) is 43.2 Å². The number of H-pyrrole nitrogens is 1. The van der Waals surface area contributed by atoms with Crippen molar-refractivity contribution in [1.29, 1.82) is 0 Å². The second-order valence-electron chi connectivity index (χ2n) is 4.67. The van der Waals surface area contributed by atoms with Crippen LogP contribution in [0.25, 0.3) is 0 Å². The SMILES string of the molecule is CCc1ccc(NC(=O)[C@@H](C)OC(=O)c2ccc[nH]2)cc1. The molecule has 21 heavy (non-hydrogen) atoms. The third-order valence-electron chi connectivity index (χ3n) is 3.10. The second-order valence-corrected chi connectivity index (χ2v) is 4.67. The van der Waals surface area contributed by atoms with Crippen LogP contribution in [-0.2, 0) is 16.0 Å². The summed E-state index contributed by atoms with van der Waals surface area (Å²) in [6.07, 6.45) is 1.70. The molecule has 0 aliphatic carbocycles. The molecule has 2 rings (SSSR count). The van der Waals surface area contributed by atoms with E-state index in [0.29, 0.717) is 11.4 Å². The van der Waals surface area contributed by atoms with Crippen molar-refractivity contribution in [1.82, 2.24) is 4.98 Å². The van der Waals surface area contributed by atoms with Crippen LogP contribution in [0.4, 0.5) is 5.69 Å². The highest BCUT2D eigenvalue weighted by molar-refractivity contribution is 5.96. The van der Waals surface area contributed by atoms with Crippen LogP contribution in [0, 0.1) is 0 Å². The first kappa shape index (κ1) is 14.8. The van der Waals surface area contributed by atoms with Gasteiger partial charge < -0.3 is 15.0 Å². The Balaban J connectivity index is 1.91. The van der Waals surface area contributed by atoms with Crippen LogP contribution in [0.3, 0.4) is 0 Å². The molecule has 0 fully saturated rings. The van der Waals surface area contributed by atoms with Gasteiger partial charge in [0, 0.05) is 11.9 Å². The number of hydrogen-bond donors (Lipinski definition) is 2. The third-order valence-corrected chi connectivity index (χ3v) is 3.10. The highest BCUT2D eigenvalue weighted by Gasteiger charge is 2.19. The lowest BCUT2D eigenvalue weighted by molar-refractivity contribution is -0.123. The molecule has 0 bridgehead atoms. The molecule has 0 spiro atoms. The normalized spacial score (nSPS) is 11.7. The van der Waals surface area contributed by atoms with Gasteiger partial charge in [0.1, 0.15) is 5.69 Å². The summed E-state index contributed by atoms with van der Waals surface area (Å²) in [5.41, 5.74) is 2.20. The quantitative estimate of drug-likeness (QED) is 0.830. The number of carbonyl (C=O) groups excluding carboxylic acids is 2. The van der Waals surface area contributed by atoms with Gasteiger partial charge in [-0.1, -0.05) is 19.1 Å². The van der Waals surface area contributed by atoms with Crippen LogP contribution in [0.1, 0.15) is 29.9 Å². The molecule has 5 nitrogen and oxygen atoms in total. The first-order valence-electron chi connectivity index (χ1n) is 6.84. The van der Waals surface area contributed by atoms with Gasteiger partial charge in [-0.3, -0.25) is 4.79 Å². The summed E-state index contributed by atoms with van der Waals surface area (Å²) < 4.78 is 5.09. The van der Waals surface area contributed by atoms with Crippen molar-refractivity contribution < 1.29 is 14.3 Å². The number of esters is 1. The summed E-state index contributed by atoms with van der Waals surface area (Å²) in [6.45, 7) is 3.60. The molecule has 2 N–H and O–H groups in total. The van der Waals surface area contributed by atoms with Crippen LogP contribution in [0.15, 0.2) is 42.6 Å². The van der Waals surface area contributed by atoms with E-state index >= 15 is 0 Å². The van der Waals surface area contributed by atoms with Crippen LogP contribution >= 0.6 is 0 Å². The molecular formula is C16H18N2O3. The standard InChI is InChI=1S/C16H18N2O3/c1-3-12-6-8-13(9-7-12)18-15(19)11(2)21-16(20)14-5-4-10-17-14/h4-11,17H,3H2,1-2H3,(H,18,19)/t11-/m1/s1. The fourth-order valence-corrected chi connectivity index (χ4v) is 1.80. The molecule has 1 aromatic heterocycles. The zero-order valence-electron chi connectivity index (χ0n) is 12.1. The number of carbonyl (C=O) groups is 2. The molecule has 110 valence electrons. The molecule has 0 saturated heterocycles. The number of aromatic nitrogens is 1. The Bertz CT molecular complexity index is 603. The number of anilines is 1. The number of hydrogen-bond acceptors (Lipinski definition) is 3. The number of rotatable bonds is 5. The highest BCUT2D eigenvalue weighted by atomic mass is 16.5. The molecule has 1 aromatic carbocycles. The molecule has 5 heteroatoms. The zero-order chi connectivity index (χ0) is 15.2. The van der Waals surface area contributed by atoms with Gasteiger partial charge in [0.05, 0.1) is 0 Å². The molecule has 0 radical (unpaired) electrons. The summed E-state index contributed by atoms with van der Waals surface area (Å²) in [5, 5.41) is 2.72. The predicted octanol–water partition coefficient (Wildman–Crippen LogP) is 2.76. The largest absolute Gasteiger partial charge is 0.448 e. The molecule has 2 aromatic rings. The Morgan fingerprint density at radius 2 is 1.95 bits per heavy atom. The Morgan fingerprint density at radius 1 is 1.24 bits per heavy atom. The minimum absolute atomic E-state index is 0.321. The van der Waals surface area contributed by atoms with E-state index in [2.05, 4.69) is 17.2 Å². The minimum Gasteiger partial charge on any atom is -0.448 e. The van der Waals surface area contributed by atoms with Crippen molar-refractivity contribution in [2.45, 2.75) is 26.4 Å². The van der Waals surface area contributed by atoms with Crippen molar-refractivity contribution in [3.63, 3.8) is 0 Å². The van der Waals surface area contributed by atoms with Crippen LogP contribution in [-0.4, -0.2) is 23.0 Å². The maximum atomic E-state index is 12.0. The maximum absolute atomic E-state index is 12.0. The van der Waals surface area contributed by atoms with Gasteiger partial charge >= 0.3 is 5.97 Å². The highest BCUT2D eigenvalue weighted by Crippen LogP contribution is 2.11. The maximum Gasteiger partial charge on any atom is 0.355 e. The zero-order valence-corrected chi connectivity index (χ0v) is 12.1. The lowest BCUT2D eigenvalue weighted by atomic mass is 10.1. The lowest BCUT2D eigenvalue weighted by Gasteiger charge is -2.13. The van der Waals surface area contributed by atoms with E-state index in [-0.39, 0.29) is 5.91 Å². The summed E-state index contributed by atoms with van der Waals surface area (Å²) in [6, 6.07) is 10.8. The van der Waals surface area contributed by atoms with Crippen molar-refractivity contribution in [3.8, 4) is 0 Å². The van der Waals surface area contributed by atoms with E-state index in [1.54, 1.807) is 18.3 Å². The summed E-state index contributed by atoms with van der Waals surface area (Å²) in [4.78, 5) is 26.4.